The van der Waals surface area contributed by atoms with E-state index in [2.05, 4.69) is 15.6 Å². The normalized spacial score (nSPS) is 17.2. The SMILES string of the molecule is O=C(Nc1ccc(F)cc1)C1CCc2ccccc2N1C(=O)c1cn(CC(=O)N2CCCC2)nn1. The average Bonchev–Trinajstić information content (AvgIpc) is 3.57. The minimum atomic E-state index is -0.793. The van der Waals surface area contributed by atoms with Crippen molar-refractivity contribution in [2.45, 2.75) is 38.3 Å². The summed E-state index contributed by atoms with van der Waals surface area (Å²) >= 11 is 0. The summed E-state index contributed by atoms with van der Waals surface area (Å²) in [5.41, 5.74) is 2.07. The highest BCUT2D eigenvalue weighted by atomic mass is 19.1. The Morgan fingerprint density at radius 1 is 1.03 bits per heavy atom. The molecule has 0 spiro atoms. The van der Waals surface area contributed by atoms with Crippen LogP contribution < -0.4 is 10.2 Å². The Kier molecular flexibility index (Phi) is 6.26. The fourth-order valence-electron chi connectivity index (χ4n) is 4.61. The van der Waals surface area contributed by atoms with E-state index in [1.54, 1.807) is 11.0 Å². The van der Waals surface area contributed by atoms with Crippen LogP contribution in [0.3, 0.4) is 0 Å². The molecule has 0 radical (unpaired) electrons. The maximum atomic E-state index is 13.6. The van der Waals surface area contributed by atoms with Crippen LogP contribution in [0.2, 0.25) is 0 Å². The van der Waals surface area contributed by atoms with Crippen molar-refractivity contribution >= 4 is 29.1 Å². The molecule has 180 valence electrons. The molecule has 1 N–H and O–H groups in total. The highest BCUT2D eigenvalue weighted by Gasteiger charge is 2.37. The summed E-state index contributed by atoms with van der Waals surface area (Å²) in [6, 6.07) is 12.1. The van der Waals surface area contributed by atoms with Gasteiger partial charge in [0.1, 0.15) is 18.4 Å². The van der Waals surface area contributed by atoms with Gasteiger partial charge in [-0.05, 0) is 61.6 Å². The zero-order chi connectivity index (χ0) is 24.4. The zero-order valence-electron chi connectivity index (χ0n) is 19.1. The first-order valence-corrected chi connectivity index (χ1v) is 11.7. The maximum Gasteiger partial charge on any atom is 0.281 e. The van der Waals surface area contributed by atoms with Crippen molar-refractivity contribution in [3.8, 4) is 0 Å². The molecule has 3 heterocycles. The predicted molar refractivity (Wildman–Crippen MR) is 126 cm³/mol. The summed E-state index contributed by atoms with van der Waals surface area (Å²) in [7, 11) is 0. The third kappa shape index (κ3) is 4.77. The first-order chi connectivity index (χ1) is 17.0. The molecule has 1 atom stereocenters. The van der Waals surface area contributed by atoms with Crippen LogP contribution in [0.25, 0.3) is 0 Å². The van der Waals surface area contributed by atoms with E-state index in [4.69, 9.17) is 0 Å². The monoisotopic (exact) mass is 476 g/mol. The summed E-state index contributed by atoms with van der Waals surface area (Å²) < 4.78 is 14.6. The molecule has 1 aromatic heterocycles. The van der Waals surface area contributed by atoms with E-state index in [9.17, 15) is 18.8 Å². The molecule has 0 saturated carbocycles. The molecule has 2 aliphatic rings. The Hall–Kier alpha value is -4.08. The van der Waals surface area contributed by atoms with Gasteiger partial charge in [-0.25, -0.2) is 9.07 Å². The van der Waals surface area contributed by atoms with Crippen molar-refractivity contribution in [2.75, 3.05) is 23.3 Å². The van der Waals surface area contributed by atoms with E-state index >= 15 is 0 Å². The zero-order valence-corrected chi connectivity index (χ0v) is 19.1. The molecule has 1 fully saturated rings. The van der Waals surface area contributed by atoms with Crippen LogP contribution in [-0.2, 0) is 22.6 Å². The molecule has 1 unspecified atom stereocenters. The van der Waals surface area contributed by atoms with Gasteiger partial charge in [-0.3, -0.25) is 19.3 Å². The van der Waals surface area contributed by atoms with Gasteiger partial charge in [0, 0.05) is 24.5 Å². The van der Waals surface area contributed by atoms with Gasteiger partial charge >= 0.3 is 0 Å². The van der Waals surface area contributed by atoms with Gasteiger partial charge in [0.15, 0.2) is 5.69 Å². The molecule has 0 aliphatic carbocycles. The number of aromatic nitrogens is 3. The summed E-state index contributed by atoms with van der Waals surface area (Å²) in [6.45, 7) is 1.47. The van der Waals surface area contributed by atoms with Crippen LogP contribution in [0.1, 0.15) is 35.3 Å². The fraction of sp³-hybridized carbons (Fsp3) is 0.320. The Bertz CT molecular complexity index is 1250. The molecule has 2 aromatic carbocycles. The second-order valence-corrected chi connectivity index (χ2v) is 8.74. The second kappa shape index (κ2) is 9.65. The van der Waals surface area contributed by atoms with Crippen LogP contribution in [0.15, 0.2) is 54.7 Å². The van der Waals surface area contributed by atoms with Crippen LogP contribution in [0.4, 0.5) is 15.8 Å². The Morgan fingerprint density at radius 2 is 1.77 bits per heavy atom. The first-order valence-electron chi connectivity index (χ1n) is 11.7. The summed E-state index contributed by atoms with van der Waals surface area (Å²) in [4.78, 5) is 42.5. The first kappa shape index (κ1) is 22.7. The van der Waals surface area contributed by atoms with Gasteiger partial charge in [-0.1, -0.05) is 23.4 Å². The van der Waals surface area contributed by atoms with Gasteiger partial charge in [0.2, 0.25) is 11.8 Å². The van der Waals surface area contributed by atoms with Crippen molar-refractivity contribution in [3.63, 3.8) is 0 Å². The summed E-state index contributed by atoms with van der Waals surface area (Å²) in [6.07, 6.45) is 4.46. The topological polar surface area (TPSA) is 100 Å². The highest BCUT2D eigenvalue weighted by Crippen LogP contribution is 2.32. The molecular formula is C25H25FN6O3. The van der Waals surface area contributed by atoms with Crippen LogP contribution in [-0.4, -0.2) is 56.7 Å². The van der Waals surface area contributed by atoms with E-state index < -0.39 is 17.8 Å². The maximum absolute atomic E-state index is 13.6. The predicted octanol–water partition coefficient (Wildman–Crippen LogP) is 2.64. The Morgan fingerprint density at radius 3 is 2.54 bits per heavy atom. The number of carbonyl (C=O) groups is 3. The van der Waals surface area contributed by atoms with Crippen molar-refractivity contribution in [1.29, 1.82) is 0 Å². The smallest absolute Gasteiger partial charge is 0.281 e. The van der Waals surface area contributed by atoms with Crippen LogP contribution >= 0.6 is 0 Å². The fourth-order valence-corrected chi connectivity index (χ4v) is 4.61. The Balaban J connectivity index is 1.39. The Labute approximate surface area is 201 Å². The lowest BCUT2D eigenvalue weighted by molar-refractivity contribution is -0.131. The number of fused-ring (bicyclic) bond motifs is 1. The number of nitrogens with zero attached hydrogens (tertiary/aromatic N) is 5. The largest absolute Gasteiger partial charge is 0.341 e. The number of benzene rings is 2. The van der Waals surface area contributed by atoms with E-state index in [1.165, 1.54) is 40.0 Å². The number of rotatable bonds is 5. The number of nitrogens with one attached hydrogen (secondary N) is 1. The van der Waals surface area contributed by atoms with Gasteiger partial charge in [-0.2, -0.15) is 0 Å². The third-order valence-corrected chi connectivity index (χ3v) is 6.40. The molecular weight excluding hydrogens is 451 g/mol. The van der Waals surface area contributed by atoms with Gasteiger partial charge < -0.3 is 10.2 Å². The van der Waals surface area contributed by atoms with Crippen LogP contribution in [0, 0.1) is 5.82 Å². The molecule has 10 heteroatoms. The summed E-state index contributed by atoms with van der Waals surface area (Å²) in [5, 5.41) is 10.8. The van der Waals surface area contributed by atoms with Gasteiger partial charge in [0.05, 0.1) is 6.20 Å². The number of para-hydroxylation sites is 1. The number of anilines is 2. The number of aryl methyl sites for hydroxylation is 1. The molecule has 35 heavy (non-hydrogen) atoms. The third-order valence-electron chi connectivity index (χ3n) is 6.40. The van der Waals surface area contributed by atoms with E-state index in [0.717, 1.165) is 31.5 Å². The minimum absolute atomic E-state index is 0.00531. The van der Waals surface area contributed by atoms with Gasteiger partial charge in [0.25, 0.3) is 5.91 Å². The molecule has 1 saturated heterocycles. The molecule has 2 aliphatic heterocycles. The average molecular weight is 477 g/mol. The number of hydrogen-bond acceptors (Lipinski definition) is 5. The number of likely N-dealkylation sites (tertiary alicyclic amines) is 1. The number of halogens is 1. The van der Waals surface area contributed by atoms with E-state index in [1.807, 2.05) is 18.2 Å². The summed E-state index contributed by atoms with van der Waals surface area (Å²) in [5.74, 6) is -1.32. The highest BCUT2D eigenvalue weighted by molar-refractivity contribution is 6.11. The quantitative estimate of drug-likeness (QED) is 0.610. The van der Waals surface area contributed by atoms with E-state index in [0.29, 0.717) is 24.2 Å². The van der Waals surface area contributed by atoms with E-state index in [-0.39, 0.29) is 24.1 Å². The van der Waals surface area contributed by atoms with Crippen molar-refractivity contribution in [2.24, 2.45) is 0 Å². The minimum Gasteiger partial charge on any atom is -0.341 e. The second-order valence-electron chi connectivity index (χ2n) is 8.74. The molecule has 9 nitrogen and oxygen atoms in total. The van der Waals surface area contributed by atoms with Gasteiger partial charge in [-0.15, -0.1) is 5.10 Å². The molecule has 3 aromatic rings. The van der Waals surface area contributed by atoms with Crippen LogP contribution in [0.5, 0.6) is 0 Å². The number of amides is 3. The van der Waals surface area contributed by atoms with Crippen molar-refractivity contribution < 1.29 is 18.8 Å². The standard InChI is InChI=1S/C25H25FN6O3/c26-18-8-10-19(11-9-18)27-24(34)22-12-7-17-5-1-2-6-21(17)32(22)25(35)20-15-31(29-28-20)16-23(33)30-13-3-4-14-30/h1-2,5-6,8-11,15,22H,3-4,7,12-14,16H2,(H,27,34). The number of hydrogen-bond donors (Lipinski definition) is 1. The van der Waals surface area contributed by atoms with Crippen molar-refractivity contribution in [1.82, 2.24) is 19.9 Å². The number of carbonyl (C=O) groups excluding carboxylic acids is 3. The molecule has 5 rings (SSSR count). The lowest BCUT2D eigenvalue weighted by Gasteiger charge is -2.35. The van der Waals surface area contributed by atoms with Crippen molar-refractivity contribution in [3.05, 3.63) is 71.8 Å². The molecule has 3 amide bonds. The lowest BCUT2D eigenvalue weighted by Crippen LogP contribution is -2.50. The lowest BCUT2D eigenvalue weighted by atomic mass is 9.94. The molecule has 0 bridgehead atoms.